The number of nitrogens with two attached hydrogens (primary N) is 1. The summed E-state index contributed by atoms with van der Waals surface area (Å²) in [5, 5.41) is 0. The summed E-state index contributed by atoms with van der Waals surface area (Å²) in [6, 6.07) is 1.79. The van der Waals surface area contributed by atoms with E-state index in [4.69, 9.17) is 10.5 Å². The Morgan fingerprint density at radius 2 is 2.11 bits per heavy atom. The van der Waals surface area contributed by atoms with Crippen molar-refractivity contribution < 1.29 is 9.53 Å². The predicted octanol–water partition coefficient (Wildman–Crippen LogP) is 2.73. The van der Waals surface area contributed by atoms with Crippen LogP contribution >= 0.6 is 0 Å². The first-order chi connectivity index (χ1) is 8.24. The molecule has 1 rings (SSSR count). The molecule has 5 nitrogen and oxygen atoms in total. The van der Waals surface area contributed by atoms with Crippen molar-refractivity contribution in [2.45, 2.75) is 40.2 Å². The summed E-state index contributed by atoms with van der Waals surface area (Å²) in [7, 11) is 0. The average Bonchev–Trinajstić information content (AvgIpc) is 2.19. The minimum atomic E-state index is -0.522. The summed E-state index contributed by atoms with van der Waals surface area (Å²) in [6.45, 7) is 9.74. The number of hydrogen-bond donors (Lipinski definition) is 1. The van der Waals surface area contributed by atoms with E-state index in [0.29, 0.717) is 18.1 Å². The molecule has 1 heterocycles. The number of aromatic nitrogens is 1. The number of amides is 1. The molecular formula is C13H21N3O2. The van der Waals surface area contributed by atoms with Gasteiger partial charge in [0.2, 0.25) is 0 Å². The molecule has 0 unspecified atom stereocenters. The Bertz CT molecular complexity index is 438. The number of aryl methyl sites for hydroxylation is 1. The maximum atomic E-state index is 12.1. The van der Waals surface area contributed by atoms with Crippen LogP contribution in [0.3, 0.4) is 0 Å². The van der Waals surface area contributed by atoms with Crippen LogP contribution in [0.4, 0.5) is 16.3 Å². The van der Waals surface area contributed by atoms with E-state index in [1.165, 1.54) is 11.1 Å². The smallest absolute Gasteiger partial charge is 0.415 e. The van der Waals surface area contributed by atoms with Gasteiger partial charge in [0.15, 0.2) is 0 Å². The highest BCUT2D eigenvalue weighted by atomic mass is 16.6. The van der Waals surface area contributed by atoms with E-state index >= 15 is 0 Å². The van der Waals surface area contributed by atoms with E-state index in [1.54, 1.807) is 6.07 Å². The summed E-state index contributed by atoms with van der Waals surface area (Å²) >= 11 is 0. The van der Waals surface area contributed by atoms with Crippen LogP contribution in [-0.2, 0) is 4.74 Å². The lowest BCUT2D eigenvalue weighted by molar-refractivity contribution is 0.0581. The van der Waals surface area contributed by atoms with E-state index in [2.05, 4.69) is 4.98 Å². The van der Waals surface area contributed by atoms with Crippen molar-refractivity contribution in [2.24, 2.45) is 0 Å². The van der Waals surface area contributed by atoms with Crippen LogP contribution in [0.25, 0.3) is 0 Å². The van der Waals surface area contributed by atoms with Crippen LogP contribution < -0.4 is 10.6 Å². The molecular weight excluding hydrogens is 230 g/mol. The minimum absolute atomic E-state index is 0.398. The predicted molar refractivity (Wildman–Crippen MR) is 72.6 cm³/mol. The van der Waals surface area contributed by atoms with E-state index in [1.807, 2.05) is 34.6 Å². The third-order valence-corrected chi connectivity index (χ3v) is 2.26. The van der Waals surface area contributed by atoms with Gasteiger partial charge in [0.25, 0.3) is 0 Å². The van der Waals surface area contributed by atoms with Gasteiger partial charge in [-0.3, -0.25) is 4.90 Å². The van der Waals surface area contributed by atoms with Crippen LogP contribution in [-0.4, -0.2) is 23.2 Å². The summed E-state index contributed by atoms with van der Waals surface area (Å²) in [4.78, 5) is 17.8. The molecule has 1 aromatic heterocycles. The second kappa shape index (κ2) is 5.25. The lowest BCUT2D eigenvalue weighted by Gasteiger charge is -2.26. The topological polar surface area (TPSA) is 68.5 Å². The van der Waals surface area contributed by atoms with E-state index in [-0.39, 0.29) is 0 Å². The highest BCUT2D eigenvalue weighted by Crippen LogP contribution is 2.21. The Morgan fingerprint density at radius 3 is 2.56 bits per heavy atom. The molecule has 18 heavy (non-hydrogen) atoms. The Labute approximate surface area is 108 Å². The number of carbonyl (C=O) groups excluding carboxylic acids is 1. The molecule has 1 amide bonds. The summed E-state index contributed by atoms with van der Waals surface area (Å²) in [5.41, 5.74) is 6.56. The van der Waals surface area contributed by atoms with Gasteiger partial charge >= 0.3 is 6.09 Å². The quantitative estimate of drug-likeness (QED) is 0.877. The van der Waals surface area contributed by atoms with Gasteiger partial charge in [0.1, 0.15) is 11.4 Å². The van der Waals surface area contributed by atoms with Crippen molar-refractivity contribution >= 4 is 17.6 Å². The molecule has 1 aromatic rings. The second-order valence-electron chi connectivity index (χ2n) is 5.13. The highest BCUT2D eigenvalue weighted by Gasteiger charge is 2.24. The number of anilines is 2. The van der Waals surface area contributed by atoms with Crippen molar-refractivity contribution in [2.75, 3.05) is 17.2 Å². The summed E-state index contributed by atoms with van der Waals surface area (Å²) in [5.74, 6) is 0.584. The molecule has 0 aliphatic carbocycles. The molecule has 0 saturated carbocycles. The molecule has 0 spiro atoms. The van der Waals surface area contributed by atoms with Gasteiger partial charge in [0, 0.05) is 6.54 Å². The monoisotopic (exact) mass is 251 g/mol. The molecule has 0 aromatic carbocycles. The van der Waals surface area contributed by atoms with Gasteiger partial charge < -0.3 is 10.5 Å². The minimum Gasteiger partial charge on any atom is -0.443 e. The van der Waals surface area contributed by atoms with E-state index < -0.39 is 11.7 Å². The average molecular weight is 251 g/mol. The molecule has 5 heteroatoms. The van der Waals surface area contributed by atoms with Crippen molar-refractivity contribution in [1.29, 1.82) is 0 Å². The fourth-order valence-electron chi connectivity index (χ4n) is 1.55. The van der Waals surface area contributed by atoms with Crippen molar-refractivity contribution in [3.63, 3.8) is 0 Å². The number of rotatable bonds is 2. The number of hydrogen-bond acceptors (Lipinski definition) is 4. The highest BCUT2D eigenvalue weighted by molar-refractivity contribution is 5.87. The Kier molecular flexibility index (Phi) is 4.16. The van der Waals surface area contributed by atoms with Crippen LogP contribution in [0.5, 0.6) is 0 Å². The standard InChI is InChI=1S/C13H21N3O2/c1-6-16(12(17)18-13(3,4)5)11-9(2)7-10(14)8-15-11/h7-8H,6,14H2,1-5H3. The van der Waals surface area contributed by atoms with Crippen molar-refractivity contribution in [1.82, 2.24) is 4.98 Å². The molecule has 0 atom stereocenters. The SMILES string of the molecule is CCN(C(=O)OC(C)(C)C)c1ncc(N)cc1C. The maximum absolute atomic E-state index is 12.1. The Balaban J connectivity index is 2.99. The fraction of sp³-hybridized carbons (Fsp3) is 0.538. The van der Waals surface area contributed by atoms with E-state index in [9.17, 15) is 4.79 Å². The van der Waals surface area contributed by atoms with Crippen molar-refractivity contribution in [3.05, 3.63) is 17.8 Å². The van der Waals surface area contributed by atoms with Gasteiger partial charge in [-0.1, -0.05) is 0 Å². The van der Waals surface area contributed by atoms with Crippen LogP contribution in [0, 0.1) is 6.92 Å². The van der Waals surface area contributed by atoms with Gasteiger partial charge in [-0.05, 0) is 46.2 Å². The number of pyridine rings is 1. The van der Waals surface area contributed by atoms with E-state index in [0.717, 1.165) is 5.56 Å². The van der Waals surface area contributed by atoms with Gasteiger partial charge in [0.05, 0.1) is 11.9 Å². The van der Waals surface area contributed by atoms with Crippen LogP contribution in [0.2, 0.25) is 0 Å². The second-order valence-corrected chi connectivity index (χ2v) is 5.13. The summed E-state index contributed by atoms with van der Waals surface area (Å²) < 4.78 is 5.35. The van der Waals surface area contributed by atoms with Crippen LogP contribution in [0.15, 0.2) is 12.3 Å². The van der Waals surface area contributed by atoms with Crippen LogP contribution in [0.1, 0.15) is 33.3 Å². The van der Waals surface area contributed by atoms with Gasteiger partial charge in [-0.25, -0.2) is 9.78 Å². The van der Waals surface area contributed by atoms with Crippen molar-refractivity contribution in [3.8, 4) is 0 Å². The lowest BCUT2D eigenvalue weighted by atomic mass is 10.2. The first-order valence-electron chi connectivity index (χ1n) is 5.97. The Hall–Kier alpha value is -1.78. The maximum Gasteiger partial charge on any atom is 0.415 e. The van der Waals surface area contributed by atoms with Gasteiger partial charge in [-0.2, -0.15) is 0 Å². The molecule has 0 fully saturated rings. The zero-order valence-electron chi connectivity index (χ0n) is 11.7. The molecule has 0 aliphatic heterocycles. The van der Waals surface area contributed by atoms with Gasteiger partial charge in [-0.15, -0.1) is 0 Å². The molecule has 0 bridgehead atoms. The molecule has 2 N–H and O–H groups in total. The third kappa shape index (κ3) is 3.61. The number of nitrogens with zero attached hydrogens (tertiary/aromatic N) is 2. The zero-order valence-corrected chi connectivity index (χ0v) is 11.7. The fourth-order valence-corrected chi connectivity index (χ4v) is 1.55. The number of carbonyl (C=O) groups is 1. The normalized spacial score (nSPS) is 11.2. The zero-order chi connectivity index (χ0) is 13.9. The number of ether oxygens (including phenoxy) is 1. The first kappa shape index (κ1) is 14.3. The Morgan fingerprint density at radius 1 is 1.50 bits per heavy atom. The summed E-state index contributed by atoms with van der Waals surface area (Å²) in [6.07, 6.45) is 1.14. The third-order valence-electron chi connectivity index (χ3n) is 2.26. The largest absolute Gasteiger partial charge is 0.443 e. The lowest BCUT2D eigenvalue weighted by Crippen LogP contribution is -2.37. The number of nitrogen functional groups attached to an aromatic ring is 1. The molecule has 0 aliphatic rings. The molecule has 100 valence electrons. The molecule has 0 radical (unpaired) electrons. The first-order valence-corrected chi connectivity index (χ1v) is 5.97. The molecule has 0 saturated heterocycles.